The van der Waals surface area contributed by atoms with Crippen molar-refractivity contribution in [3.05, 3.63) is 23.9 Å². The van der Waals surface area contributed by atoms with Crippen molar-refractivity contribution in [3.8, 4) is 0 Å². The van der Waals surface area contributed by atoms with Crippen LogP contribution in [-0.2, 0) is 0 Å². The molecular weight excluding hydrogens is 228 g/mol. The van der Waals surface area contributed by atoms with Crippen LogP contribution in [0.5, 0.6) is 0 Å². The average molecular weight is 250 g/mol. The first-order valence-corrected chi connectivity index (χ1v) is 6.22. The number of amides is 1. The number of carbonyl (C=O) groups is 1. The van der Waals surface area contributed by atoms with E-state index in [0.29, 0.717) is 12.1 Å². The Balaban J connectivity index is 2.68. The van der Waals surface area contributed by atoms with Crippen molar-refractivity contribution in [2.24, 2.45) is 5.73 Å². The zero-order chi connectivity index (χ0) is 13.5. The zero-order valence-electron chi connectivity index (χ0n) is 11.3. The van der Waals surface area contributed by atoms with Gasteiger partial charge in [-0.15, -0.1) is 0 Å². The first kappa shape index (κ1) is 14.4. The second-order valence-electron chi connectivity index (χ2n) is 4.50. The van der Waals surface area contributed by atoms with Crippen LogP contribution in [0.3, 0.4) is 0 Å². The number of nitrogens with one attached hydrogen (secondary N) is 1. The summed E-state index contributed by atoms with van der Waals surface area (Å²) in [6, 6.07) is 3.82. The van der Waals surface area contributed by atoms with Crippen LogP contribution in [0.2, 0.25) is 0 Å². The molecule has 3 N–H and O–H groups in total. The first-order chi connectivity index (χ1) is 8.58. The predicted molar refractivity (Wildman–Crippen MR) is 73.6 cm³/mol. The molecule has 1 amide bonds. The molecule has 1 atom stereocenters. The summed E-state index contributed by atoms with van der Waals surface area (Å²) in [6.07, 6.45) is 3.67. The fourth-order valence-corrected chi connectivity index (χ4v) is 1.67. The highest BCUT2D eigenvalue weighted by molar-refractivity contribution is 5.93. The van der Waals surface area contributed by atoms with Crippen molar-refractivity contribution in [3.63, 3.8) is 0 Å². The molecule has 0 saturated heterocycles. The Hall–Kier alpha value is -1.62. The molecule has 1 unspecified atom stereocenters. The molecule has 0 fully saturated rings. The largest absolute Gasteiger partial charge is 0.366 e. The highest BCUT2D eigenvalue weighted by Gasteiger charge is 2.09. The van der Waals surface area contributed by atoms with Crippen molar-refractivity contribution in [2.75, 3.05) is 26.0 Å². The Bertz CT molecular complexity index is 375. The van der Waals surface area contributed by atoms with Gasteiger partial charge >= 0.3 is 0 Å². The number of hydrogen-bond donors (Lipinski definition) is 2. The van der Waals surface area contributed by atoms with E-state index in [1.165, 1.54) is 4.90 Å². The molecule has 0 radical (unpaired) electrons. The molecule has 1 aromatic rings. The van der Waals surface area contributed by atoms with Gasteiger partial charge in [-0.2, -0.15) is 0 Å². The first-order valence-electron chi connectivity index (χ1n) is 6.22. The van der Waals surface area contributed by atoms with E-state index in [0.717, 1.165) is 18.7 Å². The topological polar surface area (TPSA) is 71.2 Å². The lowest BCUT2D eigenvalue weighted by Gasteiger charge is -2.17. The SMILES string of the molecule is CCCC(CN)Nc1ccc(C(=O)N(C)C)cn1. The maximum absolute atomic E-state index is 11.7. The summed E-state index contributed by atoms with van der Waals surface area (Å²) < 4.78 is 0. The fourth-order valence-electron chi connectivity index (χ4n) is 1.67. The van der Waals surface area contributed by atoms with Crippen LogP contribution < -0.4 is 11.1 Å². The molecule has 100 valence electrons. The standard InChI is InChI=1S/C13H22N4O/c1-4-5-11(8-14)16-12-7-6-10(9-15-12)13(18)17(2)3/h6-7,9,11H,4-5,8,14H2,1-3H3,(H,15,16). The number of hydrogen-bond acceptors (Lipinski definition) is 4. The van der Waals surface area contributed by atoms with Crippen LogP contribution in [0.1, 0.15) is 30.1 Å². The monoisotopic (exact) mass is 250 g/mol. The third kappa shape index (κ3) is 4.00. The van der Waals surface area contributed by atoms with Crippen molar-refractivity contribution in [2.45, 2.75) is 25.8 Å². The Morgan fingerprint density at radius 1 is 1.50 bits per heavy atom. The quantitative estimate of drug-likeness (QED) is 0.799. The Morgan fingerprint density at radius 2 is 2.22 bits per heavy atom. The lowest BCUT2D eigenvalue weighted by molar-refractivity contribution is 0.0827. The number of anilines is 1. The fraction of sp³-hybridized carbons (Fsp3) is 0.538. The van der Waals surface area contributed by atoms with Gasteiger partial charge in [-0.1, -0.05) is 13.3 Å². The van der Waals surface area contributed by atoms with Crippen molar-refractivity contribution < 1.29 is 4.79 Å². The van der Waals surface area contributed by atoms with Gasteiger partial charge in [-0.25, -0.2) is 4.98 Å². The number of nitrogens with two attached hydrogens (primary N) is 1. The zero-order valence-corrected chi connectivity index (χ0v) is 11.3. The number of pyridine rings is 1. The van der Waals surface area contributed by atoms with Crippen molar-refractivity contribution >= 4 is 11.7 Å². The number of carbonyl (C=O) groups excluding carboxylic acids is 1. The lowest BCUT2D eigenvalue weighted by atomic mass is 10.1. The van der Waals surface area contributed by atoms with Gasteiger partial charge < -0.3 is 16.0 Å². The molecule has 0 bridgehead atoms. The Morgan fingerprint density at radius 3 is 2.67 bits per heavy atom. The van der Waals surface area contributed by atoms with E-state index < -0.39 is 0 Å². The third-order valence-corrected chi connectivity index (χ3v) is 2.69. The Labute approximate surface area is 108 Å². The van der Waals surface area contributed by atoms with Gasteiger partial charge in [0, 0.05) is 32.9 Å². The van der Waals surface area contributed by atoms with E-state index in [1.807, 2.05) is 6.07 Å². The van der Waals surface area contributed by atoms with Crippen LogP contribution in [0, 0.1) is 0 Å². The normalized spacial score (nSPS) is 12.0. The van der Waals surface area contributed by atoms with Crippen LogP contribution >= 0.6 is 0 Å². The van der Waals surface area contributed by atoms with Gasteiger partial charge in [0.05, 0.1) is 5.56 Å². The molecule has 0 spiro atoms. The molecule has 18 heavy (non-hydrogen) atoms. The van der Waals surface area contributed by atoms with Gasteiger partial charge in [0.25, 0.3) is 5.91 Å². The maximum atomic E-state index is 11.7. The van der Waals surface area contributed by atoms with Crippen LogP contribution in [0.25, 0.3) is 0 Å². The minimum atomic E-state index is -0.0435. The van der Waals surface area contributed by atoms with Gasteiger partial charge in [-0.3, -0.25) is 4.79 Å². The van der Waals surface area contributed by atoms with Crippen molar-refractivity contribution in [1.82, 2.24) is 9.88 Å². The highest BCUT2D eigenvalue weighted by atomic mass is 16.2. The van der Waals surface area contributed by atoms with Crippen LogP contribution in [-0.4, -0.2) is 42.5 Å². The highest BCUT2D eigenvalue weighted by Crippen LogP contribution is 2.09. The molecule has 0 aliphatic heterocycles. The maximum Gasteiger partial charge on any atom is 0.254 e. The van der Waals surface area contributed by atoms with Gasteiger partial charge in [-0.05, 0) is 18.6 Å². The van der Waals surface area contributed by atoms with E-state index in [9.17, 15) is 4.79 Å². The van der Waals surface area contributed by atoms with E-state index in [-0.39, 0.29) is 11.9 Å². The molecule has 1 aromatic heterocycles. The van der Waals surface area contributed by atoms with E-state index >= 15 is 0 Å². The summed E-state index contributed by atoms with van der Waals surface area (Å²) in [5, 5.41) is 3.26. The minimum Gasteiger partial charge on any atom is -0.366 e. The minimum absolute atomic E-state index is 0.0435. The van der Waals surface area contributed by atoms with Crippen molar-refractivity contribution in [1.29, 1.82) is 0 Å². The summed E-state index contributed by atoms with van der Waals surface area (Å²) in [7, 11) is 3.44. The van der Waals surface area contributed by atoms with E-state index in [2.05, 4.69) is 17.2 Å². The summed E-state index contributed by atoms with van der Waals surface area (Å²) in [5.74, 6) is 0.715. The molecule has 0 aliphatic rings. The number of nitrogens with zero attached hydrogens (tertiary/aromatic N) is 2. The number of rotatable bonds is 6. The number of aromatic nitrogens is 1. The molecule has 1 rings (SSSR count). The average Bonchev–Trinajstić information content (AvgIpc) is 2.38. The summed E-state index contributed by atoms with van der Waals surface area (Å²) in [4.78, 5) is 17.5. The summed E-state index contributed by atoms with van der Waals surface area (Å²) in [6.45, 7) is 2.70. The second-order valence-corrected chi connectivity index (χ2v) is 4.50. The van der Waals surface area contributed by atoms with Gasteiger partial charge in [0.1, 0.15) is 5.82 Å². The second kappa shape index (κ2) is 6.96. The molecule has 5 nitrogen and oxygen atoms in total. The third-order valence-electron chi connectivity index (χ3n) is 2.69. The van der Waals surface area contributed by atoms with Gasteiger partial charge in [0.15, 0.2) is 0 Å². The Kier molecular flexibility index (Phi) is 5.58. The van der Waals surface area contributed by atoms with E-state index in [4.69, 9.17) is 5.73 Å². The molecule has 0 saturated carbocycles. The predicted octanol–water partition coefficient (Wildman–Crippen LogP) is 1.32. The molecule has 0 aromatic carbocycles. The summed E-state index contributed by atoms with van der Waals surface area (Å²) >= 11 is 0. The van der Waals surface area contributed by atoms with Gasteiger partial charge in [0.2, 0.25) is 0 Å². The van der Waals surface area contributed by atoms with Crippen LogP contribution in [0.4, 0.5) is 5.82 Å². The molecule has 1 heterocycles. The molecule has 0 aliphatic carbocycles. The smallest absolute Gasteiger partial charge is 0.254 e. The molecular formula is C13H22N4O. The lowest BCUT2D eigenvalue weighted by Crippen LogP contribution is -2.29. The van der Waals surface area contributed by atoms with Crippen LogP contribution in [0.15, 0.2) is 18.3 Å². The summed E-state index contributed by atoms with van der Waals surface area (Å²) in [5.41, 5.74) is 6.26. The van der Waals surface area contributed by atoms with E-state index in [1.54, 1.807) is 26.4 Å². The molecule has 5 heteroatoms.